The monoisotopic (exact) mass is 369 g/mol. The van der Waals surface area contributed by atoms with Gasteiger partial charge in [0.1, 0.15) is 0 Å². The Morgan fingerprint density at radius 1 is 1.33 bits per heavy atom. The van der Waals surface area contributed by atoms with Crippen molar-refractivity contribution in [2.24, 2.45) is 17.8 Å². The lowest BCUT2D eigenvalue weighted by atomic mass is 9.84. The van der Waals surface area contributed by atoms with Crippen molar-refractivity contribution in [1.82, 2.24) is 15.2 Å². The van der Waals surface area contributed by atoms with E-state index in [1.54, 1.807) is 11.3 Å². The van der Waals surface area contributed by atoms with E-state index in [1.165, 1.54) is 30.0 Å². The highest BCUT2D eigenvalue weighted by atomic mass is 35.5. The summed E-state index contributed by atoms with van der Waals surface area (Å²) in [7, 11) is 0. The van der Waals surface area contributed by atoms with E-state index in [9.17, 15) is 4.79 Å². The second kappa shape index (κ2) is 7.71. The van der Waals surface area contributed by atoms with E-state index in [2.05, 4.69) is 22.5 Å². The fourth-order valence-corrected chi connectivity index (χ4v) is 4.72. The molecule has 3 fully saturated rings. The number of halogens is 1. The molecule has 134 valence electrons. The summed E-state index contributed by atoms with van der Waals surface area (Å²) in [5, 5.41) is 6.82. The summed E-state index contributed by atoms with van der Waals surface area (Å²) in [4.78, 5) is 19.5. The van der Waals surface area contributed by atoms with Gasteiger partial charge in [-0.1, -0.05) is 13.3 Å². The van der Waals surface area contributed by atoms with Crippen LogP contribution in [0.2, 0.25) is 0 Å². The summed E-state index contributed by atoms with van der Waals surface area (Å²) in [5.74, 6) is 2.11. The summed E-state index contributed by atoms with van der Waals surface area (Å²) in [6, 6.07) is 0.361. The lowest BCUT2D eigenvalue weighted by Crippen LogP contribution is -2.45. The molecular formula is C18H28ClN3OS. The first-order valence-electron chi connectivity index (χ1n) is 9.19. The van der Waals surface area contributed by atoms with Crippen LogP contribution in [0.4, 0.5) is 0 Å². The minimum absolute atomic E-state index is 0. The van der Waals surface area contributed by atoms with Crippen LogP contribution in [0.3, 0.4) is 0 Å². The van der Waals surface area contributed by atoms with E-state index in [4.69, 9.17) is 4.98 Å². The summed E-state index contributed by atoms with van der Waals surface area (Å²) in [5.41, 5.74) is 1.20. The van der Waals surface area contributed by atoms with Crippen molar-refractivity contribution < 1.29 is 4.79 Å². The van der Waals surface area contributed by atoms with Crippen molar-refractivity contribution in [3.05, 3.63) is 16.1 Å². The number of likely N-dealkylation sites (tertiary alicyclic amines) is 1. The summed E-state index contributed by atoms with van der Waals surface area (Å²) >= 11 is 1.77. The van der Waals surface area contributed by atoms with Crippen LogP contribution in [-0.4, -0.2) is 34.9 Å². The van der Waals surface area contributed by atoms with Crippen LogP contribution in [0.15, 0.2) is 5.38 Å². The number of thiazole rings is 1. The lowest BCUT2D eigenvalue weighted by molar-refractivity contribution is -0.128. The van der Waals surface area contributed by atoms with Gasteiger partial charge in [0.15, 0.2) is 0 Å². The van der Waals surface area contributed by atoms with Gasteiger partial charge >= 0.3 is 0 Å². The number of rotatable bonds is 6. The third-order valence-electron chi connectivity index (χ3n) is 5.76. The molecule has 1 N–H and O–H groups in total. The Balaban J connectivity index is 0.00000169. The molecule has 1 aromatic heterocycles. The smallest absolute Gasteiger partial charge is 0.223 e. The minimum atomic E-state index is 0. The molecule has 0 aromatic carbocycles. The third kappa shape index (κ3) is 3.94. The van der Waals surface area contributed by atoms with E-state index in [0.29, 0.717) is 23.8 Å². The van der Waals surface area contributed by atoms with Crippen LogP contribution in [-0.2, 0) is 17.8 Å². The molecule has 1 aromatic rings. The molecule has 0 unspecified atom stereocenters. The maximum atomic E-state index is 12.3. The maximum Gasteiger partial charge on any atom is 0.223 e. The summed E-state index contributed by atoms with van der Waals surface area (Å²) in [6.45, 7) is 5.22. The number of aromatic nitrogens is 1. The Bertz CT molecular complexity index is 570. The molecule has 2 heterocycles. The Morgan fingerprint density at radius 3 is 2.71 bits per heavy atom. The van der Waals surface area contributed by atoms with Crippen molar-refractivity contribution >= 4 is 29.7 Å². The van der Waals surface area contributed by atoms with Crippen LogP contribution in [0, 0.1) is 17.8 Å². The molecule has 2 atom stereocenters. The molecule has 24 heavy (non-hydrogen) atoms. The maximum absolute atomic E-state index is 12.3. The molecule has 2 saturated carbocycles. The predicted octanol–water partition coefficient (Wildman–Crippen LogP) is 3.25. The van der Waals surface area contributed by atoms with Crippen molar-refractivity contribution in [2.75, 3.05) is 13.1 Å². The zero-order valence-corrected chi connectivity index (χ0v) is 16.0. The van der Waals surface area contributed by atoms with Gasteiger partial charge in [-0.05, 0) is 43.9 Å². The second-order valence-electron chi connectivity index (χ2n) is 7.52. The quantitative estimate of drug-likeness (QED) is 0.837. The summed E-state index contributed by atoms with van der Waals surface area (Å²) < 4.78 is 0. The van der Waals surface area contributed by atoms with Gasteiger partial charge in [0, 0.05) is 37.0 Å². The van der Waals surface area contributed by atoms with Crippen molar-refractivity contribution in [3.63, 3.8) is 0 Å². The SMILES string of the molecule is CCc1nc(CN2C[C@H](NC(=O)C3CCC3)[C@@H](C3CC3)C2)cs1.Cl. The van der Waals surface area contributed by atoms with Crippen LogP contribution < -0.4 is 5.32 Å². The van der Waals surface area contributed by atoms with Crippen LogP contribution >= 0.6 is 23.7 Å². The van der Waals surface area contributed by atoms with Gasteiger partial charge in [0.05, 0.1) is 10.7 Å². The molecule has 0 radical (unpaired) electrons. The second-order valence-corrected chi connectivity index (χ2v) is 8.47. The van der Waals surface area contributed by atoms with E-state index in [0.717, 1.165) is 44.8 Å². The molecule has 4 rings (SSSR count). The fourth-order valence-electron chi connectivity index (χ4n) is 3.98. The van der Waals surface area contributed by atoms with Gasteiger partial charge in [-0.25, -0.2) is 4.98 Å². The molecule has 1 saturated heterocycles. The molecule has 1 amide bonds. The zero-order valence-electron chi connectivity index (χ0n) is 14.4. The Morgan fingerprint density at radius 2 is 2.12 bits per heavy atom. The Hall–Kier alpha value is -0.650. The normalized spacial score (nSPS) is 27.5. The van der Waals surface area contributed by atoms with E-state index in [-0.39, 0.29) is 12.4 Å². The number of hydrogen-bond donors (Lipinski definition) is 1. The van der Waals surface area contributed by atoms with Crippen molar-refractivity contribution in [2.45, 2.75) is 58.0 Å². The third-order valence-corrected chi connectivity index (χ3v) is 6.80. The molecule has 4 nitrogen and oxygen atoms in total. The first-order valence-corrected chi connectivity index (χ1v) is 10.1. The molecular weight excluding hydrogens is 342 g/mol. The highest BCUT2D eigenvalue weighted by Crippen LogP contribution is 2.42. The number of nitrogens with zero attached hydrogens (tertiary/aromatic N) is 2. The van der Waals surface area contributed by atoms with Gasteiger partial charge in [-0.2, -0.15) is 0 Å². The van der Waals surface area contributed by atoms with E-state index >= 15 is 0 Å². The lowest BCUT2D eigenvalue weighted by Gasteiger charge is -2.28. The van der Waals surface area contributed by atoms with Crippen LogP contribution in [0.1, 0.15) is 49.7 Å². The number of nitrogens with one attached hydrogen (secondary N) is 1. The number of amides is 1. The molecule has 1 aliphatic heterocycles. The average molecular weight is 370 g/mol. The standard InChI is InChI=1S/C18H27N3OS.ClH/c1-2-17-19-14(11-23-17)8-21-9-15(12-6-7-12)16(10-21)20-18(22)13-4-3-5-13;/h11-13,15-16H,2-10H2,1H3,(H,20,22);1H/t15-,16+;/m1./s1. The number of carbonyl (C=O) groups excluding carboxylic acids is 1. The van der Waals surface area contributed by atoms with Gasteiger partial charge in [0.2, 0.25) is 5.91 Å². The van der Waals surface area contributed by atoms with Gasteiger partial charge in [0.25, 0.3) is 0 Å². The van der Waals surface area contributed by atoms with E-state index in [1.807, 2.05) is 0 Å². The number of aryl methyl sites for hydroxylation is 1. The Labute approximate surface area is 154 Å². The van der Waals surface area contributed by atoms with Crippen LogP contribution in [0.25, 0.3) is 0 Å². The molecule has 0 spiro atoms. The van der Waals surface area contributed by atoms with Gasteiger partial charge < -0.3 is 5.32 Å². The predicted molar refractivity (Wildman–Crippen MR) is 99.5 cm³/mol. The highest BCUT2D eigenvalue weighted by Gasteiger charge is 2.43. The topological polar surface area (TPSA) is 45.2 Å². The fraction of sp³-hybridized carbons (Fsp3) is 0.778. The first-order chi connectivity index (χ1) is 11.2. The number of carbonyl (C=O) groups is 1. The summed E-state index contributed by atoms with van der Waals surface area (Å²) in [6.07, 6.45) is 7.14. The highest BCUT2D eigenvalue weighted by molar-refractivity contribution is 7.09. The Kier molecular flexibility index (Phi) is 5.83. The molecule has 6 heteroatoms. The van der Waals surface area contributed by atoms with Crippen molar-refractivity contribution in [1.29, 1.82) is 0 Å². The molecule has 2 aliphatic carbocycles. The number of hydrogen-bond acceptors (Lipinski definition) is 4. The molecule has 3 aliphatic rings. The largest absolute Gasteiger partial charge is 0.352 e. The van der Waals surface area contributed by atoms with Crippen LogP contribution in [0.5, 0.6) is 0 Å². The minimum Gasteiger partial charge on any atom is -0.352 e. The molecule has 0 bridgehead atoms. The van der Waals surface area contributed by atoms with E-state index < -0.39 is 0 Å². The zero-order chi connectivity index (χ0) is 15.8. The van der Waals surface area contributed by atoms with Gasteiger partial charge in [-0.3, -0.25) is 9.69 Å². The van der Waals surface area contributed by atoms with Crippen molar-refractivity contribution in [3.8, 4) is 0 Å². The average Bonchev–Trinajstić information content (AvgIpc) is 3.10. The first kappa shape index (κ1) is 18.2. The van der Waals surface area contributed by atoms with Gasteiger partial charge in [-0.15, -0.1) is 23.7 Å².